The van der Waals surface area contributed by atoms with E-state index in [0.717, 1.165) is 37.5 Å². The van der Waals surface area contributed by atoms with E-state index < -0.39 is 6.10 Å². The van der Waals surface area contributed by atoms with E-state index >= 15 is 0 Å². The van der Waals surface area contributed by atoms with Gasteiger partial charge in [0.1, 0.15) is 18.5 Å². The van der Waals surface area contributed by atoms with Gasteiger partial charge in [-0.25, -0.2) is 0 Å². The molecule has 27 heavy (non-hydrogen) atoms. The van der Waals surface area contributed by atoms with E-state index in [-0.39, 0.29) is 0 Å². The summed E-state index contributed by atoms with van der Waals surface area (Å²) in [6.07, 6.45) is 7.26. The lowest BCUT2D eigenvalue weighted by atomic mass is 10.1. The minimum absolute atomic E-state index is 0.333. The molecule has 0 bridgehead atoms. The van der Waals surface area contributed by atoms with E-state index in [9.17, 15) is 5.11 Å². The summed E-state index contributed by atoms with van der Waals surface area (Å²) in [5.41, 5.74) is 2.32. The van der Waals surface area contributed by atoms with Crippen LogP contribution in [0, 0.1) is 0 Å². The zero-order valence-electron chi connectivity index (χ0n) is 16.5. The second kappa shape index (κ2) is 9.88. The first-order valence-corrected chi connectivity index (χ1v) is 9.87. The van der Waals surface area contributed by atoms with Crippen molar-refractivity contribution in [2.24, 2.45) is 7.05 Å². The van der Waals surface area contributed by atoms with Crippen LogP contribution in [0.3, 0.4) is 0 Å². The summed E-state index contributed by atoms with van der Waals surface area (Å²) >= 11 is 0. The predicted molar refractivity (Wildman–Crippen MR) is 107 cm³/mol. The number of aromatic nitrogens is 2. The van der Waals surface area contributed by atoms with E-state index in [1.165, 1.54) is 24.8 Å². The summed E-state index contributed by atoms with van der Waals surface area (Å²) in [6.45, 7) is 4.83. The first-order chi connectivity index (χ1) is 13.1. The van der Waals surface area contributed by atoms with E-state index in [0.29, 0.717) is 13.2 Å². The fourth-order valence-electron chi connectivity index (χ4n) is 3.67. The quantitative estimate of drug-likeness (QED) is 0.732. The van der Waals surface area contributed by atoms with Gasteiger partial charge in [-0.1, -0.05) is 24.6 Å². The molecule has 1 fully saturated rings. The first kappa shape index (κ1) is 19.9. The Hall–Kier alpha value is -1.89. The molecule has 1 aliphatic rings. The van der Waals surface area contributed by atoms with Crippen molar-refractivity contribution >= 4 is 0 Å². The number of benzene rings is 1. The lowest BCUT2D eigenvalue weighted by Gasteiger charge is -2.28. The van der Waals surface area contributed by atoms with E-state index in [1.54, 1.807) is 0 Å². The van der Waals surface area contributed by atoms with Gasteiger partial charge < -0.3 is 14.7 Å². The number of aryl methyl sites for hydroxylation is 1. The second-order valence-corrected chi connectivity index (χ2v) is 7.63. The van der Waals surface area contributed by atoms with Crippen LogP contribution in [-0.2, 0) is 20.1 Å². The minimum atomic E-state index is -0.454. The zero-order valence-corrected chi connectivity index (χ0v) is 16.5. The Balaban J connectivity index is 1.50. The third-order valence-corrected chi connectivity index (χ3v) is 4.97. The van der Waals surface area contributed by atoms with Gasteiger partial charge in [-0.3, -0.25) is 9.58 Å². The zero-order chi connectivity index (χ0) is 19.1. The van der Waals surface area contributed by atoms with Crippen LogP contribution in [0.4, 0.5) is 0 Å². The van der Waals surface area contributed by atoms with Crippen LogP contribution in [0.15, 0.2) is 36.7 Å². The standard InChI is InChI=1S/C21H32N4O2/c1-23(13-18-12-22-24(2)14-18)15-19-8-4-5-9-21(19)27-17-20(26)16-25-10-6-3-7-11-25/h4-5,8-9,12,14,20,26H,3,6-7,10-11,13,15-17H2,1-2H3. The summed E-state index contributed by atoms with van der Waals surface area (Å²) in [6, 6.07) is 8.09. The van der Waals surface area contributed by atoms with Crippen molar-refractivity contribution in [3.63, 3.8) is 0 Å². The molecule has 0 spiro atoms. The molecule has 1 aliphatic heterocycles. The average molecular weight is 373 g/mol. The molecular weight excluding hydrogens is 340 g/mol. The second-order valence-electron chi connectivity index (χ2n) is 7.63. The lowest BCUT2D eigenvalue weighted by molar-refractivity contribution is 0.0612. The molecule has 0 radical (unpaired) electrons. The highest BCUT2D eigenvalue weighted by molar-refractivity contribution is 5.33. The van der Waals surface area contributed by atoms with Gasteiger partial charge in [0, 0.05) is 44.0 Å². The normalized spacial score (nSPS) is 16.6. The average Bonchev–Trinajstić information content (AvgIpc) is 3.06. The van der Waals surface area contributed by atoms with Gasteiger partial charge in [0.2, 0.25) is 0 Å². The minimum Gasteiger partial charge on any atom is -0.491 e. The Labute approximate surface area is 162 Å². The van der Waals surface area contributed by atoms with E-state index in [1.807, 2.05) is 42.3 Å². The Kier molecular flexibility index (Phi) is 7.26. The van der Waals surface area contributed by atoms with Crippen molar-refractivity contribution in [1.82, 2.24) is 19.6 Å². The topological polar surface area (TPSA) is 53.8 Å². The van der Waals surface area contributed by atoms with Crippen LogP contribution in [0.1, 0.15) is 30.4 Å². The number of piperidine rings is 1. The van der Waals surface area contributed by atoms with E-state index in [2.05, 4.69) is 28.0 Å². The first-order valence-electron chi connectivity index (χ1n) is 9.87. The molecule has 2 heterocycles. The van der Waals surface area contributed by atoms with Gasteiger partial charge in [0.15, 0.2) is 0 Å². The number of hydrogen-bond acceptors (Lipinski definition) is 5. The molecular formula is C21H32N4O2. The highest BCUT2D eigenvalue weighted by Crippen LogP contribution is 2.20. The molecule has 3 rings (SSSR count). The molecule has 6 heteroatoms. The Morgan fingerprint density at radius 1 is 1.19 bits per heavy atom. The van der Waals surface area contributed by atoms with Gasteiger partial charge in [-0.2, -0.15) is 5.10 Å². The van der Waals surface area contributed by atoms with Gasteiger partial charge >= 0.3 is 0 Å². The van der Waals surface area contributed by atoms with Crippen molar-refractivity contribution < 1.29 is 9.84 Å². The number of rotatable bonds is 9. The van der Waals surface area contributed by atoms with Crippen molar-refractivity contribution in [2.75, 3.05) is 33.3 Å². The Morgan fingerprint density at radius 2 is 1.96 bits per heavy atom. The van der Waals surface area contributed by atoms with Crippen LogP contribution >= 0.6 is 0 Å². The molecule has 0 aliphatic carbocycles. The maximum absolute atomic E-state index is 10.3. The van der Waals surface area contributed by atoms with Crippen LogP contribution in [0.5, 0.6) is 5.75 Å². The van der Waals surface area contributed by atoms with Gasteiger partial charge in [0.05, 0.1) is 6.20 Å². The third kappa shape index (κ3) is 6.34. The molecule has 1 N–H and O–H groups in total. The van der Waals surface area contributed by atoms with Crippen molar-refractivity contribution in [3.05, 3.63) is 47.8 Å². The fraction of sp³-hybridized carbons (Fsp3) is 0.571. The maximum atomic E-state index is 10.3. The van der Waals surface area contributed by atoms with Gasteiger partial charge in [-0.15, -0.1) is 0 Å². The number of hydrogen-bond donors (Lipinski definition) is 1. The van der Waals surface area contributed by atoms with Gasteiger partial charge in [0.25, 0.3) is 0 Å². The summed E-state index contributed by atoms with van der Waals surface area (Å²) < 4.78 is 7.80. The number of β-amino-alcohol motifs (C(OH)–C–C–N with tert-alkyl or cyclic N) is 1. The monoisotopic (exact) mass is 372 g/mol. The molecule has 6 nitrogen and oxygen atoms in total. The lowest BCUT2D eigenvalue weighted by Crippen LogP contribution is -2.38. The highest BCUT2D eigenvalue weighted by atomic mass is 16.5. The maximum Gasteiger partial charge on any atom is 0.123 e. The number of para-hydroxylation sites is 1. The highest BCUT2D eigenvalue weighted by Gasteiger charge is 2.16. The van der Waals surface area contributed by atoms with Crippen LogP contribution in [0.25, 0.3) is 0 Å². The number of ether oxygens (including phenoxy) is 1. The summed E-state index contributed by atoms with van der Waals surface area (Å²) in [5.74, 6) is 0.855. The Bertz CT molecular complexity index is 697. The number of aliphatic hydroxyl groups is 1. The number of nitrogens with zero attached hydrogens (tertiary/aromatic N) is 4. The smallest absolute Gasteiger partial charge is 0.123 e. The van der Waals surface area contributed by atoms with Crippen LogP contribution in [0.2, 0.25) is 0 Å². The molecule has 0 amide bonds. The summed E-state index contributed by atoms with van der Waals surface area (Å²) in [5, 5.41) is 14.6. The van der Waals surface area contributed by atoms with E-state index in [4.69, 9.17) is 4.74 Å². The summed E-state index contributed by atoms with van der Waals surface area (Å²) in [4.78, 5) is 4.58. The van der Waals surface area contributed by atoms with Crippen molar-refractivity contribution in [2.45, 2.75) is 38.5 Å². The fourth-order valence-corrected chi connectivity index (χ4v) is 3.67. The molecule has 1 unspecified atom stereocenters. The van der Waals surface area contributed by atoms with Crippen LogP contribution < -0.4 is 4.74 Å². The molecule has 148 valence electrons. The Morgan fingerprint density at radius 3 is 2.70 bits per heavy atom. The molecule has 1 aromatic heterocycles. The van der Waals surface area contributed by atoms with Crippen LogP contribution in [-0.4, -0.2) is 64.1 Å². The predicted octanol–water partition coefficient (Wildman–Crippen LogP) is 2.28. The molecule has 1 atom stereocenters. The third-order valence-electron chi connectivity index (χ3n) is 4.97. The SMILES string of the molecule is CN(Cc1cnn(C)c1)Cc1ccccc1OCC(O)CN1CCCCC1. The largest absolute Gasteiger partial charge is 0.491 e. The molecule has 1 saturated heterocycles. The van der Waals surface area contributed by atoms with Crippen molar-refractivity contribution in [3.8, 4) is 5.75 Å². The molecule has 2 aromatic rings. The summed E-state index contributed by atoms with van der Waals surface area (Å²) in [7, 11) is 4.02. The molecule has 1 aromatic carbocycles. The molecule has 0 saturated carbocycles. The number of likely N-dealkylation sites (tertiary alicyclic amines) is 1. The number of aliphatic hydroxyl groups excluding tert-OH is 1. The van der Waals surface area contributed by atoms with Gasteiger partial charge in [-0.05, 0) is 39.0 Å². The van der Waals surface area contributed by atoms with Crippen molar-refractivity contribution in [1.29, 1.82) is 0 Å².